The number of aryl methyl sites for hydroxylation is 1. The first-order chi connectivity index (χ1) is 8.18. The number of nitrogens with one attached hydrogen (secondary N) is 1. The molecule has 0 radical (unpaired) electrons. The van der Waals surface area contributed by atoms with E-state index in [4.69, 9.17) is 5.11 Å². The smallest absolute Gasteiger partial charge is 0.352 e. The van der Waals surface area contributed by atoms with Gasteiger partial charge in [-0.05, 0) is 17.9 Å². The lowest BCUT2D eigenvalue weighted by Gasteiger charge is -1.98. The fourth-order valence-electron chi connectivity index (χ4n) is 2.29. The van der Waals surface area contributed by atoms with E-state index in [-0.39, 0.29) is 5.69 Å². The lowest BCUT2D eigenvalue weighted by Crippen LogP contribution is -1.98. The van der Waals surface area contributed by atoms with Crippen LogP contribution >= 0.6 is 0 Å². The Labute approximate surface area is 97.7 Å². The summed E-state index contributed by atoms with van der Waals surface area (Å²) in [5.41, 5.74) is 1.97. The highest BCUT2D eigenvalue weighted by Crippen LogP contribution is 2.28. The van der Waals surface area contributed by atoms with Crippen molar-refractivity contribution < 1.29 is 9.90 Å². The molecular weight excluding hydrogens is 214 g/mol. The number of aromatic nitrogens is 1. The van der Waals surface area contributed by atoms with Gasteiger partial charge in [0.25, 0.3) is 0 Å². The zero-order valence-corrected chi connectivity index (χ0v) is 9.32. The molecule has 0 atom stereocenters. The molecular formula is C14H11NO2. The van der Waals surface area contributed by atoms with Crippen LogP contribution < -0.4 is 0 Å². The average Bonchev–Trinajstić information content (AvgIpc) is 2.67. The summed E-state index contributed by atoms with van der Waals surface area (Å²) in [6.07, 6.45) is 0. The van der Waals surface area contributed by atoms with Crippen molar-refractivity contribution in [1.29, 1.82) is 0 Å². The zero-order valence-electron chi connectivity index (χ0n) is 9.32. The van der Waals surface area contributed by atoms with Gasteiger partial charge in [-0.15, -0.1) is 0 Å². The third-order valence-corrected chi connectivity index (χ3v) is 3.17. The number of benzene rings is 2. The van der Waals surface area contributed by atoms with Gasteiger partial charge in [0.15, 0.2) is 0 Å². The van der Waals surface area contributed by atoms with Crippen LogP contribution in [0.1, 0.15) is 16.1 Å². The molecule has 0 aliphatic carbocycles. The van der Waals surface area contributed by atoms with Crippen LogP contribution in [-0.2, 0) is 0 Å². The van der Waals surface area contributed by atoms with Gasteiger partial charge < -0.3 is 10.1 Å². The van der Waals surface area contributed by atoms with Gasteiger partial charge in [0.05, 0.1) is 5.52 Å². The SMILES string of the molecule is Cc1c(C(=O)O)[nH]c2c1ccc1ccccc12. The molecule has 0 fully saturated rings. The molecule has 3 nitrogen and oxygen atoms in total. The van der Waals surface area contributed by atoms with E-state index in [9.17, 15) is 4.79 Å². The molecule has 17 heavy (non-hydrogen) atoms. The van der Waals surface area contributed by atoms with Gasteiger partial charge in [0.1, 0.15) is 5.69 Å². The predicted octanol–water partition coefficient (Wildman–Crippen LogP) is 3.33. The number of rotatable bonds is 1. The van der Waals surface area contributed by atoms with Gasteiger partial charge in [-0.25, -0.2) is 4.79 Å². The van der Waals surface area contributed by atoms with E-state index in [1.165, 1.54) is 0 Å². The van der Waals surface area contributed by atoms with Crippen LogP contribution in [0, 0.1) is 6.92 Å². The van der Waals surface area contributed by atoms with E-state index < -0.39 is 5.97 Å². The maximum Gasteiger partial charge on any atom is 0.352 e. The van der Waals surface area contributed by atoms with Crippen molar-refractivity contribution in [2.24, 2.45) is 0 Å². The number of hydrogen-bond donors (Lipinski definition) is 2. The number of hydrogen-bond acceptors (Lipinski definition) is 1. The molecule has 3 rings (SSSR count). The fraction of sp³-hybridized carbons (Fsp3) is 0.0714. The molecule has 0 spiro atoms. The number of aromatic carboxylic acids is 1. The third kappa shape index (κ3) is 1.32. The van der Waals surface area contributed by atoms with Gasteiger partial charge in [0, 0.05) is 10.8 Å². The minimum absolute atomic E-state index is 0.274. The number of carboxylic acids is 1. The van der Waals surface area contributed by atoms with Gasteiger partial charge in [-0.2, -0.15) is 0 Å². The van der Waals surface area contributed by atoms with Crippen molar-refractivity contribution >= 4 is 27.6 Å². The normalized spacial score (nSPS) is 11.1. The van der Waals surface area contributed by atoms with Crippen molar-refractivity contribution in [2.45, 2.75) is 6.92 Å². The van der Waals surface area contributed by atoms with Crippen LogP contribution in [0.2, 0.25) is 0 Å². The van der Waals surface area contributed by atoms with Crippen molar-refractivity contribution in [3.63, 3.8) is 0 Å². The number of aromatic amines is 1. The summed E-state index contributed by atoms with van der Waals surface area (Å²) in [7, 11) is 0. The monoisotopic (exact) mass is 225 g/mol. The van der Waals surface area contributed by atoms with Crippen molar-refractivity contribution in [3.8, 4) is 0 Å². The number of carbonyl (C=O) groups is 1. The van der Waals surface area contributed by atoms with E-state index in [0.717, 1.165) is 27.2 Å². The summed E-state index contributed by atoms with van der Waals surface area (Å²) in [6.45, 7) is 1.83. The molecule has 0 unspecified atom stereocenters. The highest BCUT2D eigenvalue weighted by molar-refractivity contribution is 6.09. The molecule has 0 saturated carbocycles. The summed E-state index contributed by atoms with van der Waals surface area (Å²) in [6, 6.07) is 11.9. The van der Waals surface area contributed by atoms with Crippen LogP contribution in [0.3, 0.4) is 0 Å². The molecule has 2 N–H and O–H groups in total. The van der Waals surface area contributed by atoms with Gasteiger partial charge in [-0.3, -0.25) is 0 Å². The molecule has 0 aliphatic heterocycles. The lowest BCUT2D eigenvalue weighted by atomic mass is 10.1. The molecule has 84 valence electrons. The van der Waals surface area contributed by atoms with Crippen LogP contribution in [0.5, 0.6) is 0 Å². The van der Waals surface area contributed by atoms with E-state index in [2.05, 4.69) is 4.98 Å². The largest absolute Gasteiger partial charge is 0.477 e. The lowest BCUT2D eigenvalue weighted by molar-refractivity contribution is 0.0691. The first kappa shape index (κ1) is 9.90. The predicted molar refractivity (Wildman–Crippen MR) is 67.5 cm³/mol. The Balaban J connectivity index is 2.51. The topological polar surface area (TPSA) is 53.1 Å². The quantitative estimate of drug-likeness (QED) is 0.667. The Morgan fingerprint density at radius 1 is 1.12 bits per heavy atom. The first-order valence-corrected chi connectivity index (χ1v) is 5.42. The van der Waals surface area contributed by atoms with Crippen molar-refractivity contribution in [1.82, 2.24) is 4.98 Å². The van der Waals surface area contributed by atoms with E-state index >= 15 is 0 Å². The molecule has 1 heterocycles. The molecule has 2 aromatic carbocycles. The van der Waals surface area contributed by atoms with Gasteiger partial charge in [-0.1, -0.05) is 36.4 Å². The Hall–Kier alpha value is -2.29. The van der Waals surface area contributed by atoms with E-state index in [1.54, 1.807) is 0 Å². The third-order valence-electron chi connectivity index (χ3n) is 3.17. The number of fused-ring (bicyclic) bond motifs is 3. The second kappa shape index (κ2) is 3.35. The summed E-state index contributed by atoms with van der Waals surface area (Å²) >= 11 is 0. The Morgan fingerprint density at radius 3 is 2.65 bits per heavy atom. The molecule has 0 saturated heterocycles. The second-order valence-corrected chi connectivity index (χ2v) is 4.14. The minimum atomic E-state index is -0.914. The van der Waals surface area contributed by atoms with Crippen molar-refractivity contribution in [3.05, 3.63) is 47.7 Å². The Kier molecular flexibility index (Phi) is 1.95. The molecule has 3 aromatic rings. The zero-order chi connectivity index (χ0) is 12.0. The van der Waals surface area contributed by atoms with Crippen LogP contribution in [-0.4, -0.2) is 16.1 Å². The van der Waals surface area contributed by atoms with E-state index in [0.29, 0.717) is 0 Å². The number of H-pyrrole nitrogens is 1. The summed E-state index contributed by atoms with van der Waals surface area (Å²) in [5, 5.41) is 12.2. The minimum Gasteiger partial charge on any atom is -0.477 e. The molecule has 3 heteroatoms. The average molecular weight is 225 g/mol. The fourth-order valence-corrected chi connectivity index (χ4v) is 2.29. The maximum atomic E-state index is 11.1. The molecule has 0 amide bonds. The second-order valence-electron chi connectivity index (χ2n) is 4.14. The van der Waals surface area contributed by atoms with Crippen LogP contribution in [0.15, 0.2) is 36.4 Å². The number of carboxylic acid groups (broad SMARTS) is 1. The first-order valence-electron chi connectivity index (χ1n) is 5.42. The highest BCUT2D eigenvalue weighted by Gasteiger charge is 2.14. The Bertz CT molecular complexity index is 740. The van der Waals surface area contributed by atoms with E-state index in [1.807, 2.05) is 43.3 Å². The van der Waals surface area contributed by atoms with Gasteiger partial charge >= 0.3 is 5.97 Å². The summed E-state index contributed by atoms with van der Waals surface area (Å²) in [5.74, 6) is -0.914. The van der Waals surface area contributed by atoms with Gasteiger partial charge in [0.2, 0.25) is 0 Å². The van der Waals surface area contributed by atoms with Crippen molar-refractivity contribution in [2.75, 3.05) is 0 Å². The summed E-state index contributed by atoms with van der Waals surface area (Å²) < 4.78 is 0. The van der Waals surface area contributed by atoms with Crippen LogP contribution in [0.4, 0.5) is 0 Å². The molecule has 1 aromatic heterocycles. The standard InChI is InChI=1S/C14H11NO2/c1-8-10-7-6-9-4-2-3-5-11(9)13(10)15-12(8)14(16)17/h2-7,15H,1H3,(H,16,17). The maximum absolute atomic E-state index is 11.1. The van der Waals surface area contributed by atoms with Crippen LogP contribution in [0.25, 0.3) is 21.7 Å². The summed E-state index contributed by atoms with van der Waals surface area (Å²) in [4.78, 5) is 14.1. The molecule has 0 bridgehead atoms. The molecule has 0 aliphatic rings. The Morgan fingerprint density at radius 2 is 1.88 bits per heavy atom. The highest BCUT2D eigenvalue weighted by atomic mass is 16.4.